The first-order valence-electron chi connectivity index (χ1n) is 7.07. The highest BCUT2D eigenvalue weighted by molar-refractivity contribution is 5.38. The molecule has 2 aromatic carbocycles. The summed E-state index contributed by atoms with van der Waals surface area (Å²) < 4.78 is 10.7. The molecular weight excluding hydrogens is 264 g/mol. The Kier molecular flexibility index (Phi) is 5.23. The molecular formula is C18H22O3. The van der Waals surface area contributed by atoms with E-state index in [1.165, 1.54) is 0 Å². The summed E-state index contributed by atoms with van der Waals surface area (Å²) in [5, 5.41) is 10.4. The van der Waals surface area contributed by atoms with Crippen LogP contribution >= 0.6 is 0 Å². The topological polar surface area (TPSA) is 38.7 Å². The van der Waals surface area contributed by atoms with Crippen LogP contribution in [0.1, 0.15) is 16.7 Å². The molecule has 0 aliphatic carbocycles. The zero-order chi connectivity index (χ0) is 15.2. The first-order valence-corrected chi connectivity index (χ1v) is 7.07. The van der Waals surface area contributed by atoms with Gasteiger partial charge >= 0.3 is 0 Å². The third-order valence-electron chi connectivity index (χ3n) is 3.54. The van der Waals surface area contributed by atoms with Gasteiger partial charge in [0.2, 0.25) is 0 Å². The Labute approximate surface area is 126 Å². The molecule has 21 heavy (non-hydrogen) atoms. The lowest BCUT2D eigenvalue weighted by molar-refractivity contribution is 0.173. The summed E-state index contributed by atoms with van der Waals surface area (Å²) in [6.45, 7) is 2.04. The maximum Gasteiger partial charge on any atom is 0.122 e. The predicted octanol–water partition coefficient (Wildman–Crippen LogP) is 3.16. The zero-order valence-electron chi connectivity index (χ0n) is 12.8. The van der Waals surface area contributed by atoms with E-state index in [0.717, 1.165) is 28.2 Å². The molecule has 0 radical (unpaired) electrons. The van der Waals surface area contributed by atoms with Crippen LogP contribution in [0.4, 0.5) is 0 Å². The number of para-hydroxylation sites is 1. The van der Waals surface area contributed by atoms with E-state index in [-0.39, 0.29) is 0 Å². The molecule has 0 fully saturated rings. The van der Waals surface area contributed by atoms with Crippen molar-refractivity contribution in [3.8, 4) is 11.5 Å². The summed E-state index contributed by atoms with van der Waals surface area (Å²) >= 11 is 0. The summed E-state index contributed by atoms with van der Waals surface area (Å²) in [5.41, 5.74) is 3.20. The SMILES string of the molecule is COc1ccccc1CC(O)Cc1cc(C)ccc1OC. The maximum absolute atomic E-state index is 10.4. The molecule has 0 heterocycles. The number of hydrogen-bond acceptors (Lipinski definition) is 3. The molecule has 0 aliphatic rings. The van der Waals surface area contributed by atoms with Crippen molar-refractivity contribution in [3.05, 3.63) is 59.2 Å². The van der Waals surface area contributed by atoms with Gasteiger partial charge in [0.05, 0.1) is 20.3 Å². The third kappa shape index (κ3) is 3.99. The lowest BCUT2D eigenvalue weighted by Crippen LogP contribution is -2.15. The summed E-state index contributed by atoms with van der Waals surface area (Å²) in [4.78, 5) is 0. The summed E-state index contributed by atoms with van der Waals surface area (Å²) in [6, 6.07) is 13.8. The molecule has 3 nitrogen and oxygen atoms in total. The van der Waals surface area contributed by atoms with Crippen LogP contribution in [-0.2, 0) is 12.8 Å². The molecule has 112 valence electrons. The van der Waals surface area contributed by atoms with Gasteiger partial charge in [-0.3, -0.25) is 0 Å². The number of benzene rings is 2. The van der Waals surface area contributed by atoms with Crippen LogP contribution in [0.3, 0.4) is 0 Å². The summed E-state index contributed by atoms with van der Waals surface area (Å²) in [6.07, 6.45) is 0.640. The molecule has 0 bridgehead atoms. The second kappa shape index (κ2) is 7.14. The van der Waals surface area contributed by atoms with Gasteiger partial charge in [0.25, 0.3) is 0 Å². The molecule has 0 spiro atoms. The molecule has 0 saturated heterocycles. The summed E-state index contributed by atoms with van der Waals surface area (Å²) in [5.74, 6) is 1.63. The van der Waals surface area contributed by atoms with Crippen molar-refractivity contribution >= 4 is 0 Å². The molecule has 1 atom stereocenters. The van der Waals surface area contributed by atoms with Crippen LogP contribution in [0.2, 0.25) is 0 Å². The number of aryl methyl sites for hydroxylation is 1. The van der Waals surface area contributed by atoms with E-state index in [2.05, 4.69) is 6.07 Å². The Morgan fingerprint density at radius 3 is 2.24 bits per heavy atom. The van der Waals surface area contributed by atoms with Crippen molar-refractivity contribution in [2.24, 2.45) is 0 Å². The smallest absolute Gasteiger partial charge is 0.122 e. The standard InChI is InChI=1S/C18H22O3/c1-13-8-9-18(21-3)15(10-13)12-16(19)11-14-6-4-5-7-17(14)20-2/h4-10,16,19H,11-12H2,1-3H3. The fourth-order valence-electron chi connectivity index (χ4n) is 2.52. The highest BCUT2D eigenvalue weighted by Crippen LogP contribution is 2.24. The van der Waals surface area contributed by atoms with Crippen LogP contribution in [0, 0.1) is 6.92 Å². The Hall–Kier alpha value is -2.00. The molecule has 0 saturated carbocycles. The minimum absolute atomic E-state index is 0.475. The molecule has 2 rings (SSSR count). The van der Waals surface area contributed by atoms with Crippen LogP contribution in [0.25, 0.3) is 0 Å². The Morgan fingerprint density at radius 1 is 0.905 bits per heavy atom. The van der Waals surface area contributed by atoms with E-state index >= 15 is 0 Å². The quantitative estimate of drug-likeness (QED) is 0.886. The second-order valence-electron chi connectivity index (χ2n) is 5.19. The van der Waals surface area contributed by atoms with Crippen LogP contribution in [0.5, 0.6) is 11.5 Å². The van der Waals surface area contributed by atoms with Crippen molar-refractivity contribution in [1.82, 2.24) is 0 Å². The average Bonchev–Trinajstić information content (AvgIpc) is 2.48. The highest BCUT2D eigenvalue weighted by atomic mass is 16.5. The predicted molar refractivity (Wildman–Crippen MR) is 84.1 cm³/mol. The number of hydrogen-bond donors (Lipinski definition) is 1. The fourth-order valence-corrected chi connectivity index (χ4v) is 2.52. The molecule has 0 aliphatic heterocycles. The fraction of sp³-hybridized carbons (Fsp3) is 0.333. The number of aliphatic hydroxyl groups is 1. The molecule has 0 amide bonds. The number of aliphatic hydroxyl groups excluding tert-OH is 1. The van der Waals surface area contributed by atoms with Gasteiger partial charge in [-0.25, -0.2) is 0 Å². The van der Waals surface area contributed by atoms with E-state index < -0.39 is 6.10 Å². The van der Waals surface area contributed by atoms with E-state index in [1.807, 2.05) is 43.3 Å². The Balaban J connectivity index is 2.11. The number of rotatable bonds is 6. The molecule has 1 N–H and O–H groups in total. The van der Waals surface area contributed by atoms with Gasteiger partial charge in [-0.05, 0) is 30.2 Å². The van der Waals surface area contributed by atoms with Gasteiger partial charge in [0.1, 0.15) is 11.5 Å². The molecule has 1 unspecified atom stereocenters. The van der Waals surface area contributed by atoms with E-state index in [1.54, 1.807) is 14.2 Å². The minimum atomic E-state index is -0.475. The van der Waals surface area contributed by atoms with Gasteiger partial charge in [-0.1, -0.05) is 35.9 Å². The van der Waals surface area contributed by atoms with Crippen molar-refractivity contribution in [1.29, 1.82) is 0 Å². The van der Waals surface area contributed by atoms with Crippen molar-refractivity contribution in [3.63, 3.8) is 0 Å². The van der Waals surface area contributed by atoms with E-state index in [4.69, 9.17) is 9.47 Å². The van der Waals surface area contributed by atoms with Crippen molar-refractivity contribution < 1.29 is 14.6 Å². The molecule has 3 heteroatoms. The van der Waals surface area contributed by atoms with Gasteiger partial charge < -0.3 is 14.6 Å². The normalized spacial score (nSPS) is 12.0. The highest BCUT2D eigenvalue weighted by Gasteiger charge is 2.13. The van der Waals surface area contributed by atoms with Gasteiger partial charge in [-0.15, -0.1) is 0 Å². The maximum atomic E-state index is 10.4. The minimum Gasteiger partial charge on any atom is -0.496 e. The van der Waals surface area contributed by atoms with Gasteiger partial charge in [0, 0.05) is 12.8 Å². The monoisotopic (exact) mass is 286 g/mol. The Bertz CT molecular complexity index is 593. The molecule has 0 aromatic heterocycles. The number of ether oxygens (including phenoxy) is 2. The van der Waals surface area contributed by atoms with Crippen molar-refractivity contribution in [2.75, 3.05) is 14.2 Å². The average molecular weight is 286 g/mol. The van der Waals surface area contributed by atoms with Gasteiger partial charge in [-0.2, -0.15) is 0 Å². The van der Waals surface area contributed by atoms with Crippen LogP contribution in [-0.4, -0.2) is 25.4 Å². The Morgan fingerprint density at radius 2 is 1.52 bits per heavy atom. The number of methoxy groups -OCH3 is 2. The first kappa shape index (κ1) is 15.4. The lowest BCUT2D eigenvalue weighted by Gasteiger charge is -2.15. The van der Waals surface area contributed by atoms with Crippen LogP contribution < -0.4 is 9.47 Å². The third-order valence-corrected chi connectivity index (χ3v) is 3.54. The van der Waals surface area contributed by atoms with E-state index in [0.29, 0.717) is 12.8 Å². The molecule has 2 aromatic rings. The lowest BCUT2D eigenvalue weighted by atomic mass is 9.99. The zero-order valence-corrected chi connectivity index (χ0v) is 12.8. The van der Waals surface area contributed by atoms with Crippen molar-refractivity contribution in [2.45, 2.75) is 25.9 Å². The first-order chi connectivity index (χ1) is 10.1. The van der Waals surface area contributed by atoms with E-state index in [9.17, 15) is 5.11 Å². The largest absolute Gasteiger partial charge is 0.496 e. The van der Waals surface area contributed by atoms with Gasteiger partial charge in [0.15, 0.2) is 0 Å². The summed E-state index contributed by atoms with van der Waals surface area (Å²) in [7, 11) is 3.30. The second-order valence-corrected chi connectivity index (χ2v) is 5.19. The van der Waals surface area contributed by atoms with Crippen LogP contribution in [0.15, 0.2) is 42.5 Å².